The van der Waals surface area contributed by atoms with Crippen LogP contribution in [0.5, 0.6) is 0 Å². The lowest BCUT2D eigenvalue weighted by molar-refractivity contribution is -0.140. The van der Waals surface area contributed by atoms with Crippen molar-refractivity contribution in [2.45, 2.75) is 58.5 Å². The molecule has 1 amide bonds. The van der Waals surface area contributed by atoms with Gasteiger partial charge in [0.1, 0.15) is 0 Å². The smallest absolute Gasteiger partial charge is 0.338 e. The van der Waals surface area contributed by atoms with E-state index < -0.39 is 0 Å². The molecule has 0 aliphatic heterocycles. The Morgan fingerprint density at radius 1 is 1.08 bits per heavy atom. The molecule has 4 bridgehead atoms. The number of hydrogen-bond donors (Lipinski definition) is 1. The van der Waals surface area contributed by atoms with Crippen LogP contribution < -0.4 is 5.32 Å². The van der Waals surface area contributed by atoms with E-state index in [9.17, 15) is 9.59 Å². The van der Waals surface area contributed by atoms with Gasteiger partial charge in [-0.1, -0.05) is 6.07 Å². The average molecular weight is 341 g/mol. The maximum Gasteiger partial charge on any atom is 0.338 e. The zero-order chi connectivity index (χ0) is 17.6. The molecule has 25 heavy (non-hydrogen) atoms. The van der Waals surface area contributed by atoms with Crippen LogP contribution in [0.4, 0.5) is 5.69 Å². The van der Waals surface area contributed by atoms with Crippen molar-refractivity contribution in [1.82, 2.24) is 0 Å². The zero-order valence-electron chi connectivity index (χ0n) is 15.1. The second-order valence-corrected chi connectivity index (χ2v) is 8.69. The molecule has 4 nitrogen and oxygen atoms in total. The summed E-state index contributed by atoms with van der Waals surface area (Å²) in [7, 11) is 0. The van der Waals surface area contributed by atoms with Gasteiger partial charge in [0, 0.05) is 5.69 Å². The van der Waals surface area contributed by atoms with Crippen molar-refractivity contribution in [1.29, 1.82) is 0 Å². The van der Waals surface area contributed by atoms with Crippen molar-refractivity contribution >= 4 is 17.6 Å². The number of amides is 1. The molecule has 0 saturated heterocycles. The number of benzene rings is 1. The van der Waals surface area contributed by atoms with E-state index in [1.165, 1.54) is 19.3 Å². The quantitative estimate of drug-likeness (QED) is 0.826. The van der Waals surface area contributed by atoms with Crippen LogP contribution in [0.25, 0.3) is 0 Å². The predicted octanol–water partition coefficient (Wildman–Crippen LogP) is 4.41. The van der Waals surface area contributed by atoms with Crippen molar-refractivity contribution in [3.05, 3.63) is 29.8 Å². The van der Waals surface area contributed by atoms with Crippen LogP contribution in [0.3, 0.4) is 0 Å². The Labute approximate surface area is 149 Å². The number of carbonyl (C=O) groups is 2. The predicted molar refractivity (Wildman–Crippen MR) is 96.2 cm³/mol. The highest BCUT2D eigenvalue weighted by Gasteiger charge is 2.54. The summed E-state index contributed by atoms with van der Waals surface area (Å²) >= 11 is 0. The minimum Gasteiger partial charge on any atom is -0.459 e. The van der Waals surface area contributed by atoms with E-state index in [1.54, 1.807) is 18.2 Å². The third-order valence-corrected chi connectivity index (χ3v) is 6.22. The highest BCUT2D eigenvalue weighted by molar-refractivity contribution is 5.97. The van der Waals surface area contributed by atoms with Crippen LogP contribution in [0, 0.1) is 23.2 Å². The summed E-state index contributed by atoms with van der Waals surface area (Å²) < 4.78 is 5.24. The summed E-state index contributed by atoms with van der Waals surface area (Å²) in [6.07, 6.45) is 6.94. The van der Waals surface area contributed by atoms with Crippen LogP contribution in [-0.4, -0.2) is 18.0 Å². The van der Waals surface area contributed by atoms with E-state index in [0.717, 1.165) is 37.0 Å². The van der Waals surface area contributed by atoms with Crippen LogP contribution >= 0.6 is 0 Å². The Morgan fingerprint density at radius 3 is 2.24 bits per heavy atom. The Kier molecular flexibility index (Phi) is 4.09. The third kappa shape index (κ3) is 3.19. The van der Waals surface area contributed by atoms with Gasteiger partial charge in [-0.15, -0.1) is 0 Å². The van der Waals surface area contributed by atoms with Crippen LogP contribution in [0.15, 0.2) is 24.3 Å². The summed E-state index contributed by atoms with van der Waals surface area (Å²) in [6, 6.07) is 7.10. The molecule has 5 rings (SSSR count). The first-order valence-electron chi connectivity index (χ1n) is 9.56. The zero-order valence-corrected chi connectivity index (χ0v) is 15.1. The molecule has 0 spiro atoms. The number of ether oxygens (including phenoxy) is 1. The molecule has 1 N–H and O–H groups in total. The number of nitrogens with one attached hydrogen (secondary N) is 1. The first-order valence-corrected chi connectivity index (χ1v) is 9.56. The van der Waals surface area contributed by atoms with Gasteiger partial charge in [0.2, 0.25) is 5.91 Å². The Bertz CT molecular complexity index is 659. The molecular formula is C21H27NO3. The molecule has 134 valence electrons. The second kappa shape index (κ2) is 6.15. The molecule has 4 aliphatic carbocycles. The van der Waals surface area contributed by atoms with Gasteiger partial charge in [-0.25, -0.2) is 4.79 Å². The molecule has 0 unspecified atom stereocenters. The fourth-order valence-corrected chi connectivity index (χ4v) is 5.66. The summed E-state index contributed by atoms with van der Waals surface area (Å²) in [5, 5.41) is 3.10. The van der Waals surface area contributed by atoms with Gasteiger partial charge >= 0.3 is 5.97 Å². The van der Waals surface area contributed by atoms with Gasteiger partial charge in [0.15, 0.2) is 0 Å². The minimum atomic E-state index is -0.346. The fraction of sp³-hybridized carbons (Fsp3) is 0.619. The van der Waals surface area contributed by atoms with Crippen molar-refractivity contribution < 1.29 is 14.3 Å². The van der Waals surface area contributed by atoms with Crippen molar-refractivity contribution in [3.8, 4) is 0 Å². The van der Waals surface area contributed by atoms with Crippen LogP contribution in [0.1, 0.15) is 62.7 Å². The highest BCUT2D eigenvalue weighted by Crippen LogP contribution is 2.60. The van der Waals surface area contributed by atoms with Crippen molar-refractivity contribution in [2.24, 2.45) is 23.2 Å². The number of hydrogen-bond acceptors (Lipinski definition) is 3. The van der Waals surface area contributed by atoms with E-state index in [4.69, 9.17) is 4.74 Å². The largest absolute Gasteiger partial charge is 0.459 e. The number of rotatable bonds is 4. The molecular weight excluding hydrogens is 314 g/mol. The summed E-state index contributed by atoms with van der Waals surface area (Å²) in [5.74, 6) is 2.03. The second-order valence-electron chi connectivity index (χ2n) is 8.69. The van der Waals surface area contributed by atoms with E-state index in [0.29, 0.717) is 11.3 Å². The fourth-order valence-electron chi connectivity index (χ4n) is 5.66. The van der Waals surface area contributed by atoms with Crippen LogP contribution in [0.2, 0.25) is 0 Å². The van der Waals surface area contributed by atoms with Gasteiger partial charge in [-0.05, 0) is 88.3 Å². The SMILES string of the molecule is CC(C)OC(=O)c1cccc(NC(=O)C23CC4CC(CC(C4)C2)C3)c1. The summed E-state index contributed by atoms with van der Waals surface area (Å²) in [4.78, 5) is 25.2. The van der Waals surface area contributed by atoms with Crippen LogP contribution in [-0.2, 0) is 9.53 Å². The first-order chi connectivity index (χ1) is 11.9. The van der Waals surface area contributed by atoms with E-state index in [1.807, 2.05) is 19.9 Å². The third-order valence-electron chi connectivity index (χ3n) is 6.22. The normalized spacial score (nSPS) is 32.7. The Balaban J connectivity index is 1.49. The molecule has 0 atom stereocenters. The minimum absolute atomic E-state index is 0.154. The lowest BCUT2D eigenvalue weighted by atomic mass is 9.49. The molecule has 4 saturated carbocycles. The Morgan fingerprint density at radius 2 is 1.68 bits per heavy atom. The van der Waals surface area contributed by atoms with E-state index in [2.05, 4.69) is 5.32 Å². The lowest BCUT2D eigenvalue weighted by Crippen LogP contribution is -2.51. The molecule has 1 aromatic rings. The maximum atomic E-state index is 13.1. The summed E-state index contributed by atoms with van der Waals surface area (Å²) in [6.45, 7) is 3.66. The van der Waals surface area contributed by atoms with Gasteiger partial charge in [-0.3, -0.25) is 4.79 Å². The molecule has 4 fully saturated rings. The molecule has 0 heterocycles. The van der Waals surface area contributed by atoms with Gasteiger partial charge in [-0.2, -0.15) is 0 Å². The average Bonchev–Trinajstić information content (AvgIpc) is 2.53. The van der Waals surface area contributed by atoms with E-state index >= 15 is 0 Å². The molecule has 4 heteroatoms. The monoisotopic (exact) mass is 341 g/mol. The first kappa shape index (κ1) is 16.6. The lowest BCUT2D eigenvalue weighted by Gasteiger charge is -2.55. The van der Waals surface area contributed by atoms with E-state index in [-0.39, 0.29) is 23.4 Å². The summed E-state index contributed by atoms with van der Waals surface area (Å²) in [5.41, 5.74) is 0.999. The van der Waals surface area contributed by atoms with Crippen molar-refractivity contribution in [2.75, 3.05) is 5.32 Å². The Hall–Kier alpha value is -1.84. The maximum absolute atomic E-state index is 13.1. The molecule has 1 aromatic carbocycles. The number of anilines is 1. The highest BCUT2D eigenvalue weighted by atomic mass is 16.5. The molecule has 4 aliphatic rings. The molecule has 0 aromatic heterocycles. The number of carbonyl (C=O) groups excluding carboxylic acids is 2. The van der Waals surface area contributed by atoms with Gasteiger partial charge in [0.05, 0.1) is 17.1 Å². The standard InChI is InChI=1S/C21H27NO3/c1-13(2)25-19(23)17-4-3-5-18(9-17)22-20(24)21-10-14-6-15(11-21)8-16(7-14)12-21/h3-5,9,13-16H,6-8,10-12H2,1-2H3,(H,22,24). The number of esters is 1. The van der Waals surface area contributed by atoms with Gasteiger partial charge < -0.3 is 10.1 Å². The van der Waals surface area contributed by atoms with Crippen molar-refractivity contribution in [3.63, 3.8) is 0 Å². The van der Waals surface area contributed by atoms with Gasteiger partial charge in [0.25, 0.3) is 0 Å². The molecule has 0 radical (unpaired) electrons. The topological polar surface area (TPSA) is 55.4 Å².